The lowest BCUT2D eigenvalue weighted by atomic mass is 9.92. The number of aliphatic hydroxyl groups is 1. The monoisotopic (exact) mass is 210 g/mol. The van der Waals surface area contributed by atoms with Gasteiger partial charge in [0.1, 0.15) is 0 Å². The molecule has 1 aromatic rings. The topological polar surface area (TPSA) is 89.4 Å². The van der Waals surface area contributed by atoms with Crippen LogP contribution in [-0.4, -0.2) is 15.6 Å². The Kier molecular flexibility index (Phi) is 3.06. The molecule has 5 nitrogen and oxygen atoms in total. The molecule has 0 fully saturated rings. The molecule has 0 radical (unpaired) electrons. The van der Waals surface area contributed by atoms with Gasteiger partial charge >= 0.3 is 0 Å². The van der Waals surface area contributed by atoms with Crippen LogP contribution < -0.4 is 5.73 Å². The van der Waals surface area contributed by atoms with Crippen molar-refractivity contribution in [3.8, 4) is 0 Å². The second kappa shape index (κ2) is 3.96. The Morgan fingerprint density at radius 3 is 2.20 bits per heavy atom. The number of nitro benzene ring substituents is 1. The maximum Gasteiger partial charge on any atom is 0.269 e. The summed E-state index contributed by atoms with van der Waals surface area (Å²) in [7, 11) is 0. The van der Waals surface area contributed by atoms with E-state index in [9.17, 15) is 15.2 Å². The first-order valence-electron chi connectivity index (χ1n) is 4.53. The van der Waals surface area contributed by atoms with Gasteiger partial charge in [0.05, 0.1) is 11.0 Å². The van der Waals surface area contributed by atoms with Crippen LogP contribution in [0.25, 0.3) is 0 Å². The van der Waals surface area contributed by atoms with Crippen LogP contribution in [0.5, 0.6) is 0 Å². The molecular formula is C10H14N2O3. The van der Waals surface area contributed by atoms with Crippen LogP contribution in [0.2, 0.25) is 0 Å². The Morgan fingerprint density at radius 2 is 1.87 bits per heavy atom. The molecule has 1 unspecified atom stereocenters. The second-order valence-corrected chi connectivity index (χ2v) is 4.07. The largest absolute Gasteiger partial charge is 0.387 e. The van der Waals surface area contributed by atoms with Crippen molar-refractivity contribution in [1.82, 2.24) is 0 Å². The smallest absolute Gasteiger partial charge is 0.269 e. The van der Waals surface area contributed by atoms with Crippen LogP contribution in [0.3, 0.4) is 0 Å². The number of non-ortho nitro benzene ring substituents is 1. The van der Waals surface area contributed by atoms with E-state index in [1.807, 2.05) is 0 Å². The summed E-state index contributed by atoms with van der Waals surface area (Å²) in [6, 6.07) is 5.73. The number of nitrogens with zero attached hydrogens (tertiary/aromatic N) is 1. The molecule has 82 valence electrons. The average Bonchev–Trinajstić information content (AvgIpc) is 2.15. The quantitative estimate of drug-likeness (QED) is 0.582. The van der Waals surface area contributed by atoms with E-state index in [2.05, 4.69) is 0 Å². The predicted molar refractivity (Wildman–Crippen MR) is 56.3 cm³/mol. The van der Waals surface area contributed by atoms with E-state index in [1.165, 1.54) is 24.3 Å². The Hall–Kier alpha value is -1.46. The molecule has 3 N–H and O–H groups in total. The first-order valence-corrected chi connectivity index (χ1v) is 4.53. The molecule has 0 aliphatic heterocycles. The van der Waals surface area contributed by atoms with Gasteiger partial charge in [-0.25, -0.2) is 0 Å². The summed E-state index contributed by atoms with van der Waals surface area (Å²) >= 11 is 0. The average molecular weight is 210 g/mol. The number of aliphatic hydroxyl groups excluding tert-OH is 1. The standard InChI is InChI=1S/C10H14N2O3/c1-10(2,11)9(13)7-3-5-8(6-4-7)12(14)15/h3-6,9,13H,11H2,1-2H3. The van der Waals surface area contributed by atoms with Crippen LogP contribution in [0, 0.1) is 10.1 Å². The fourth-order valence-electron chi connectivity index (χ4n) is 1.21. The van der Waals surface area contributed by atoms with E-state index in [4.69, 9.17) is 5.73 Å². The molecule has 0 aliphatic carbocycles. The Bertz CT molecular complexity index is 354. The van der Waals surface area contributed by atoms with E-state index in [0.717, 1.165) is 0 Å². The minimum atomic E-state index is -0.835. The van der Waals surface area contributed by atoms with Crippen LogP contribution in [0.1, 0.15) is 25.5 Å². The summed E-state index contributed by atoms with van der Waals surface area (Å²) in [5.41, 5.74) is 5.53. The first-order chi connectivity index (χ1) is 6.82. The van der Waals surface area contributed by atoms with Gasteiger partial charge in [-0.1, -0.05) is 0 Å². The van der Waals surface area contributed by atoms with Gasteiger partial charge in [-0.3, -0.25) is 10.1 Å². The molecule has 0 saturated carbocycles. The van der Waals surface area contributed by atoms with Gasteiger partial charge in [0, 0.05) is 17.7 Å². The highest BCUT2D eigenvalue weighted by molar-refractivity contribution is 5.34. The van der Waals surface area contributed by atoms with Crippen LogP contribution >= 0.6 is 0 Å². The summed E-state index contributed by atoms with van der Waals surface area (Å²) in [6.45, 7) is 3.39. The normalized spacial score (nSPS) is 13.6. The molecule has 15 heavy (non-hydrogen) atoms. The lowest BCUT2D eigenvalue weighted by Crippen LogP contribution is -2.39. The molecule has 0 heterocycles. The highest BCUT2D eigenvalue weighted by Crippen LogP contribution is 2.24. The molecule has 0 aliphatic rings. The zero-order valence-corrected chi connectivity index (χ0v) is 8.68. The summed E-state index contributed by atoms with van der Waals surface area (Å²) in [5, 5.41) is 20.2. The van der Waals surface area contributed by atoms with Crippen LogP contribution in [0.15, 0.2) is 24.3 Å². The molecule has 1 aromatic carbocycles. The second-order valence-electron chi connectivity index (χ2n) is 4.07. The molecule has 0 spiro atoms. The number of hydrogen-bond donors (Lipinski definition) is 2. The van der Waals surface area contributed by atoms with Gasteiger partial charge in [0.15, 0.2) is 0 Å². The maximum atomic E-state index is 10.4. The number of rotatable bonds is 3. The Morgan fingerprint density at radius 1 is 1.40 bits per heavy atom. The molecule has 1 rings (SSSR count). The van der Waals surface area contributed by atoms with Crippen LogP contribution in [0.4, 0.5) is 5.69 Å². The third-order valence-electron chi connectivity index (χ3n) is 2.12. The third-order valence-corrected chi connectivity index (χ3v) is 2.12. The van der Waals surface area contributed by atoms with Gasteiger partial charge in [-0.2, -0.15) is 0 Å². The van der Waals surface area contributed by atoms with E-state index in [-0.39, 0.29) is 5.69 Å². The van der Waals surface area contributed by atoms with Gasteiger partial charge in [0.25, 0.3) is 5.69 Å². The van der Waals surface area contributed by atoms with E-state index >= 15 is 0 Å². The lowest BCUT2D eigenvalue weighted by molar-refractivity contribution is -0.384. The van der Waals surface area contributed by atoms with Crippen molar-refractivity contribution < 1.29 is 10.0 Å². The van der Waals surface area contributed by atoms with Crippen molar-refractivity contribution in [2.75, 3.05) is 0 Å². The molecule has 0 bridgehead atoms. The van der Waals surface area contributed by atoms with Gasteiger partial charge in [-0.15, -0.1) is 0 Å². The van der Waals surface area contributed by atoms with Crippen molar-refractivity contribution in [1.29, 1.82) is 0 Å². The predicted octanol–water partition coefficient (Wildman–Crippen LogP) is 1.37. The molecular weight excluding hydrogens is 196 g/mol. The molecule has 0 aromatic heterocycles. The maximum absolute atomic E-state index is 10.4. The summed E-state index contributed by atoms with van der Waals surface area (Å²) < 4.78 is 0. The summed E-state index contributed by atoms with van der Waals surface area (Å²) in [4.78, 5) is 9.91. The first kappa shape index (κ1) is 11.6. The zero-order valence-electron chi connectivity index (χ0n) is 8.68. The molecule has 1 atom stereocenters. The number of nitrogens with two attached hydrogens (primary N) is 1. The number of nitro groups is 1. The van der Waals surface area contributed by atoms with Crippen molar-refractivity contribution in [3.05, 3.63) is 39.9 Å². The van der Waals surface area contributed by atoms with E-state index < -0.39 is 16.6 Å². The van der Waals surface area contributed by atoms with E-state index in [0.29, 0.717) is 5.56 Å². The van der Waals surface area contributed by atoms with Gasteiger partial charge in [-0.05, 0) is 31.5 Å². The van der Waals surface area contributed by atoms with Crippen molar-refractivity contribution in [2.45, 2.75) is 25.5 Å². The fraction of sp³-hybridized carbons (Fsp3) is 0.400. The molecule has 0 saturated heterocycles. The van der Waals surface area contributed by atoms with Crippen molar-refractivity contribution >= 4 is 5.69 Å². The molecule has 5 heteroatoms. The van der Waals surface area contributed by atoms with Crippen molar-refractivity contribution in [2.24, 2.45) is 5.73 Å². The fourth-order valence-corrected chi connectivity index (χ4v) is 1.21. The highest BCUT2D eigenvalue weighted by atomic mass is 16.6. The Balaban J connectivity index is 2.94. The summed E-state index contributed by atoms with van der Waals surface area (Å²) in [6.07, 6.45) is -0.835. The highest BCUT2D eigenvalue weighted by Gasteiger charge is 2.24. The SMILES string of the molecule is CC(C)(N)C(O)c1ccc([N+](=O)[O-])cc1. The molecule has 0 amide bonds. The van der Waals surface area contributed by atoms with Crippen LogP contribution in [-0.2, 0) is 0 Å². The van der Waals surface area contributed by atoms with Gasteiger partial charge < -0.3 is 10.8 Å². The summed E-state index contributed by atoms with van der Waals surface area (Å²) in [5.74, 6) is 0. The van der Waals surface area contributed by atoms with Crippen molar-refractivity contribution in [3.63, 3.8) is 0 Å². The van der Waals surface area contributed by atoms with Gasteiger partial charge in [0.2, 0.25) is 0 Å². The zero-order chi connectivity index (χ0) is 11.6. The number of hydrogen-bond acceptors (Lipinski definition) is 4. The lowest BCUT2D eigenvalue weighted by Gasteiger charge is -2.25. The van der Waals surface area contributed by atoms with E-state index in [1.54, 1.807) is 13.8 Å². The Labute approximate surface area is 87.7 Å². The minimum absolute atomic E-state index is 0.000720. The third kappa shape index (κ3) is 2.74. The number of benzene rings is 1. The minimum Gasteiger partial charge on any atom is -0.387 e.